The van der Waals surface area contributed by atoms with Crippen molar-refractivity contribution in [1.82, 2.24) is 4.31 Å². The van der Waals surface area contributed by atoms with Crippen LogP contribution in [0.1, 0.15) is 6.92 Å². The van der Waals surface area contributed by atoms with Gasteiger partial charge in [0.25, 0.3) is 0 Å². The predicted molar refractivity (Wildman–Crippen MR) is 65.1 cm³/mol. The molecule has 6 nitrogen and oxygen atoms in total. The van der Waals surface area contributed by atoms with Crippen molar-refractivity contribution < 1.29 is 23.1 Å². The Bertz CT molecular complexity index is 526. The van der Waals surface area contributed by atoms with Crippen LogP contribution in [0.25, 0.3) is 0 Å². The van der Waals surface area contributed by atoms with Crippen LogP contribution in [0.5, 0.6) is 5.75 Å². The normalized spacial score (nSPS) is 11.5. The molecule has 1 aromatic carbocycles. The van der Waals surface area contributed by atoms with Gasteiger partial charge in [-0.15, -0.1) is 0 Å². The molecule has 0 aliphatic rings. The number of rotatable bonds is 6. The molecule has 18 heavy (non-hydrogen) atoms. The molecule has 0 amide bonds. The lowest BCUT2D eigenvalue weighted by atomic mass is 10.3. The van der Waals surface area contributed by atoms with Gasteiger partial charge < -0.3 is 9.84 Å². The van der Waals surface area contributed by atoms with Gasteiger partial charge in [-0.1, -0.05) is 6.07 Å². The molecule has 0 atom stereocenters. The zero-order chi connectivity index (χ0) is 13.8. The minimum absolute atomic E-state index is 0.0113. The average molecular weight is 273 g/mol. The maximum atomic E-state index is 12.0. The molecule has 0 aliphatic carbocycles. The molecule has 1 rings (SSSR count). The van der Waals surface area contributed by atoms with E-state index in [0.29, 0.717) is 12.4 Å². The van der Waals surface area contributed by atoms with Gasteiger partial charge in [0.1, 0.15) is 12.3 Å². The minimum Gasteiger partial charge on any atom is -0.494 e. The number of aliphatic carboxylic acids is 1. The molecule has 0 saturated heterocycles. The molecule has 1 N–H and O–H groups in total. The molecule has 0 saturated carbocycles. The van der Waals surface area contributed by atoms with Crippen LogP contribution in [-0.4, -0.2) is 44.0 Å². The van der Waals surface area contributed by atoms with E-state index in [1.807, 2.05) is 0 Å². The Balaban J connectivity index is 3.04. The van der Waals surface area contributed by atoms with Crippen LogP contribution in [0.15, 0.2) is 29.2 Å². The first-order chi connectivity index (χ1) is 8.37. The van der Waals surface area contributed by atoms with Gasteiger partial charge in [0.15, 0.2) is 0 Å². The quantitative estimate of drug-likeness (QED) is 0.828. The molecule has 0 unspecified atom stereocenters. The topological polar surface area (TPSA) is 83.9 Å². The van der Waals surface area contributed by atoms with Crippen LogP contribution in [0.2, 0.25) is 0 Å². The number of likely N-dealkylation sites (N-methyl/N-ethyl adjacent to an activating group) is 1. The van der Waals surface area contributed by atoms with E-state index >= 15 is 0 Å². The molecular formula is C11H15NO5S. The molecule has 0 spiro atoms. The second-order valence-electron chi connectivity index (χ2n) is 3.56. The van der Waals surface area contributed by atoms with Crippen molar-refractivity contribution in [2.75, 3.05) is 20.2 Å². The van der Waals surface area contributed by atoms with Gasteiger partial charge in [-0.3, -0.25) is 4.79 Å². The summed E-state index contributed by atoms with van der Waals surface area (Å²) in [6.45, 7) is 1.63. The van der Waals surface area contributed by atoms with Crippen molar-refractivity contribution in [3.05, 3.63) is 24.3 Å². The minimum atomic E-state index is -3.80. The summed E-state index contributed by atoms with van der Waals surface area (Å²) < 4.78 is 30.0. The van der Waals surface area contributed by atoms with Crippen LogP contribution in [-0.2, 0) is 14.8 Å². The summed E-state index contributed by atoms with van der Waals surface area (Å²) in [5, 5.41) is 8.60. The first-order valence-electron chi connectivity index (χ1n) is 5.29. The van der Waals surface area contributed by atoms with Gasteiger partial charge in [-0.25, -0.2) is 8.42 Å². The van der Waals surface area contributed by atoms with Crippen molar-refractivity contribution >= 4 is 16.0 Å². The Labute approximate surface area is 106 Å². The maximum Gasteiger partial charge on any atom is 0.318 e. The third-order valence-corrected chi connectivity index (χ3v) is 3.98. The third kappa shape index (κ3) is 3.44. The smallest absolute Gasteiger partial charge is 0.318 e. The highest BCUT2D eigenvalue weighted by atomic mass is 32.2. The summed E-state index contributed by atoms with van der Waals surface area (Å²) in [7, 11) is -2.58. The van der Waals surface area contributed by atoms with E-state index < -0.39 is 22.5 Å². The number of carboxylic acid groups (broad SMARTS) is 1. The second kappa shape index (κ2) is 5.83. The number of sulfonamides is 1. The summed E-state index contributed by atoms with van der Waals surface area (Å²) in [5.41, 5.74) is 0. The zero-order valence-electron chi connectivity index (χ0n) is 10.2. The predicted octanol–water partition coefficient (Wildman–Crippen LogP) is 0.790. The first kappa shape index (κ1) is 14.5. The third-order valence-electron chi connectivity index (χ3n) is 2.18. The van der Waals surface area contributed by atoms with E-state index in [4.69, 9.17) is 9.84 Å². The van der Waals surface area contributed by atoms with Gasteiger partial charge in [0.05, 0.1) is 11.5 Å². The van der Waals surface area contributed by atoms with Gasteiger partial charge in [0, 0.05) is 13.1 Å². The van der Waals surface area contributed by atoms with E-state index in [2.05, 4.69) is 0 Å². The van der Waals surface area contributed by atoms with Gasteiger partial charge in [0.2, 0.25) is 10.0 Å². The molecule has 7 heteroatoms. The van der Waals surface area contributed by atoms with Crippen LogP contribution in [0.4, 0.5) is 0 Å². The fraction of sp³-hybridized carbons (Fsp3) is 0.364. The van der Waals surface area contributed by atoms with Crippen molar-refractivity contribution in [3.63, 3.8) is 0 Å². The van der Waals surface area contributed by atoms with Crippen LogP contribution >= 0.6 is 0 Å². The number of carbonyl (C=O) groups is 1. The molecule has 0 radical (unpaired) electrons. The zero-order valence-corrected chi connectivity index (χ0v) is 11.0. The molecule has 0 fully saturated rings. The summed E-state index contributed by atoms with van der Waals surface area (Å²) in [6, 6.07) is 5.96. The molecule has 0 aromatic heterocycles. The second-order valence-corrected chi connectivity index (χ2v) is 5.61. The molecule has 0 heterocycles. The maximum absolute atomic E-state index is 12.0. The lowest BCUT2D eigenvalue weighted by molar-refractivity contribution is -0.137. The molecule has 1 aromatic rings. The Kier molecular flexibility index (Phi) is 4.69. The van der Waals surface area contributed by atoms with E-state index in [0.717, 1.165) is 4.31 Å². The van der Waals surface area contributed by atoms with Crippen molar-refractivity contribution in [2.24, 2.45) is 0 Å². The SMILES string of the molecule is CCOc1cccc(S(=O)(=O)N(C)CC(=O)O)c1. The fourth-order valence-corrected chi connectivity index (χ4v) is 2.50. The van der Waals surface area contributed by atoms with Gasteiger partial charge in [-0.05, 0) is 19.1 Å². The van der Waals surface area contributed by atoms with Crippen molar-refractivity contribution in [1.29, 1.82) is 0 Å². The fourth-order valence-electron chi connectivity index (χ4n) is 1.35. The number of benzene rings is 1. The first-order valence-corrected chi connectivity index (χ1v) is 6.73. The van der Waals surface area contributed by atoms with E-state index in [-0.39, 0.29) is 4.90 Å². The number of nitrogens with zero attached hydrogens (tertiary/aromatic N) is 1. The summed E-state index contributed by atoms with van der Waals surface area (Å²) in [5.74, 6) is -0.774. The molecule has 100 valence electrons. The van der Waals surface area contributed by atoms with Gasteiger partial charge in [-0.2, -0.15) is 4.31 Å². The monoisotopic (exact) mass is 273 g/mol. The number of hydrogen-bond donors (Lipinski definition) is 1. The van der Waals surface area contributed by atoms with E-state index in [1.165, 1.54) is 19.2 Å². The molecular weight excluding hydrogens is 258 g/mol. The summed E-state index contributed by atoms with van der Waals surface area (Å²) in [6.07, 6.45) is 0. The van der Waals surface area contributed by atoms with Crippen molar-refractivity contribution in [2.45, 2.75) is 11.8 Å². The van der Waals surface area contributed by atoms with E-state index in [1.54, 1.807) is 19.1 Å². The highest BCUT2D eigenvalue weighted by molar-refractivity contribution is 7.89. The Morgan fingerprint density at radius 1 is 1.44 bits per heavy atom. The lowest BCUT2D eigenvalue weighted by Gasteiger charge is -2.15. The average Bonchev–Trinajstić information content (AvgIpc) is 2.29. The largest absolute Gasteiger partial charge is 0.494 e. The van der Waals surface area contributed by atoms with Crippen LogP contribution in [0.3, 0.4) is 0 Å². The highest BCUT2D eigenvalue weighted by Gasteiger charge is 2.23. The summed E-state index contributed by atoms with van der Waals surface area (Å²) in [4.78, 5) is 10.5. The Hall–Kier alpha value is -1.60. The Morgan fingerprint density at radius 3 is 2.67 bits per heavy atom. The standard InChI is InChI=1S/C11H15NO5S/c1-3-17-9-5-4-6-10(7-9)18(15,16)12(2)8-11(13)14/h4-7H,3,8H2,1-2H3,(H,13,14). The van der Waals surface area contributed by atoms with Gasteiger partial charge >= 0.3 is 5.97 Å². The molecule has 0 bridgehead atoms. The number of hydrogen-bond acceptors (Lipinski definition) is 4. The lowest BCUT2D eigenvalue weighted by Crippen LogP contribution is -2.32. The van der Waals surface area contributed by atoms with Crippen LogP contribution in [0, 0.1) is 0 Å². The number of carboxylic acids is 1. The van der Waals surface area contributed by atoms with E-state index in [9.17, 15) is 13.2 Å². The molecule has 0 aliphatic heterocycles. The van der Waals surface area contributed by atoms with Crippen LogP contribution < -0.4 is 4.74 Å². The Morgan fingerprint density at radius 2 is 2.11 bits per heavy atom. The number of ether oxygens (including phenoxy) is 1. The van der Waals surface area contributed by atoms with Crippen molar-refractivity contribution in [3.8, 4) is 5.75 Å². The highest BCUT2D eigenvalue weighted by Crippen LogP contribution is 2.20. The summed E-state index contributed by atoms with van der Waals surface area (Å²) >= 11 is 0.